The van der Waals surface area contributed by atoms with Crippen molar-refractivity contribution in [2.24, 2.45) is 0 Å². The first-order chi connectivity index (χ1) is 15.3. The van der Waals surface area contributed by atoms with E-state index in [1.807, 2.05) is 20.8 Å². The molecule has 4 rings (SSSR count). The van der Waals surface area contributed by atoms with Gasteiger partial charge in [0.2, 0.25) is 0 Å². The molecule has 0 fully saturated rings. The Bertz CT molecular complexity index is 1330. The fourth-order valence-corrected chi connectivity index (χ4v) is 3.41. The van der Waals surface area contributed by atoms with Gasteiger partial charge in [-0.25, -0.2) is 9.59 Å². The zero-order chi connectivity index (χ0) is 22.8. The second kappa shape index (κ2) is 8.88. The predicted octanol–water partition coefficient (Wildman–Crippen LogP) is 5.30. The smallest absolute Gasteiger partial charge is 0.338 e. The minimum absolute atomic E-state index is 0.0926. The van der Waals surface area contributed by atoms with Crippen LogP contribution < -0.4 is 10.4 Å². The van der Waals surface area contributed by atoms with E-state index in [1.54, 1.807) is 36.4 Å². The molecular formula is C24H20ClNO6. The number of carbonyl (C=O) groups excluding carboxylic acids is 1. The van der Waals surface area contributed by atoms with Crippen molar-refractivity contribution < 1.29 is 23.2 Å². The lowest BCUT2D eigenvalue weighted by atomic mass is 10.1. The number of aryl methyl sites for hydroxylation is 3. The van der Waals surface area contributed by atoms with Crippen molar-refractivity contribution in [1.29, 1.82) is 0 Å². The third-order valence-corrected chi connectivity index (χ3v) is 5.53. The number of rotatable bonds is 6. The van der Waals surface area contributed by atoms with Crippen LogP contribution >= 0.6 is 11.6 Å². The van der Waals surface area contributed by atoms with E-state index in [2.05, 4.69) is 5.16 Å². The summed E-state index contributed by atoms with van der Waals surface area (Å²) in [7, 11) is 0. The molecule has 8 heteroatoms. The van der Waals surface area contributed by atoms with Crippen LogP contribution in [0.4, 0.5) is 0 Å². The van der Waals surface area contributed by atoms with Crippen LogP contribution in [0.1, 0.15) is 38.5 Å². The fourth-order valence-electron chi connectivity index (χ4n) is 3.25. The molecule has 0 saturated carbocycles. The number of carbonyl (C=O) groups is 1. The molecule has 0 saturated heterocycles. The van der Waals surface area contributed by atoms with E-state index in [9.17, 15) is 9.59 Å². The number of aromatic nitrogens is 1. The molecule has 4 aromatic rings. The summed E-state index contributed by atoms with van der Waals surface area (Å²) in [6.45, 7) is 5.72. The first-order valence-corrected chi connectivity index (χ1v) is 10.2. The zero-order valence-electron chi connectivity index (χ0n) is 17.7. The normalized spacial score (nSPS) is 11.0. The van der Waals surface area contributed by atoms with Crippen LogP contribution in [0.15, 0.2) is 56.2 Å². The molecule has 0 radical (unpaired) electrons. The first-order valence-electron chi connectivity index (χ1n) is 9.86. The average molecular weight is 454 g/mol. The number of hydrogen-bond donors (Lipinski definition) is 0. The van der Waals surface area contributed by atoms with Crippen molar-refractivity contribution in [2.75, 3.05) is 0 Å². The highest BCUT2D eigenvalue weighted by Crippen LogP contribution is 2.26. The summed E-state index contributed by atoms with van der Waals surface area (Å²) in [5.74, 6) is 0.779. The van der Waals surface area contributed by atoms with Gasteiger partial charge in [0.15, 0.2) is 0 Å². The molecule has 2 heterocycles. The van der Waals surface area contributed by atoms with E-state index < -0.39 is 11.6 Å². The van der Waals surface area contributed by atoms with Crippen LogP contribution in [0.25, 0.3) is 11.0 Å². The Kier molecular flexibility index (Phi) is 6.01. The molecule has 164 valence electrons. The van der Waals surface area contributed by atoms with Crippen LogP contribution in [0.5, 0.6) is 5.75 Å². The second-order valence-corrected chi connectivity index (χ2v) is 7.79. The Morgan fingerprint density at radius 3 is 2.50 bits per heavy atom. The molecule has 2 aromatic heterocycles. The number of nitrogens with zero attached hydrogens (tertiary/aromatic N) is 1. The van der Waals surface area contributed by atoms with Gasteiger partial charge < -0.3 is 18.4 Å². The molecule has 0 unspecified atom stereocenters. The third-order valence-electron chi connectivity index (χ3n) is 5.12. The van der Waals surface area contributed by atoms with Crippen LogP contribution in [-0.2, 0) is 18.0 Å². The van der Waals surface area contributed by atoms with Gasteiger partial charge in [0.1, 0.15) is 30.3 Å². The molecule has 0 aliphatic heterocycles. The van der Waals surface area contributed by atoms with Crippen molar-refractivity contribution in [1.82, 2.24) is 5.16 Å². The van der Waals surface area contributed by atoms with Gasteiger partial charge in [-0.2, -0.15) is 0 Å². The van der Waals surface area contributed by atoms with E-state index in [-0.39, 0.29) is 6.61 Å². The van der Waals surface area contributed by atoms with E-state index in [4.69, 9.17) is 30.0 Å². The number of ether oxygens (including phenoxy) is 2. The zero-order valence-corrected chi connectivity index (χ0v) is 18.5. The highest BCUT2D eigenvalue weighted by Gasteiger charge is 2.13. The summed E-state index contributed by atoms with van der Waals surface area (Å²) in [6.07, 6.45) is 0. The Balaban J connectivity index is 1.43. The van der Waals surface area contributed by atoms with Crippen molar-refractivity contribution in [3.8, 4) is 5.75 Å². The van der Waals surface area contributed by atoms with Crippen LogP contribution in [-0.4, -0.2) is 11.1 Å². The first kappa shape index (κ1) is 21.6. The fraction of sp³-hybridized carbons (Fsp3) is 0.208. The maximum atomic E-state index is 12.5. The number of benzene rings is 2. The molecule has 0 spiro atoms. The Labute approximate surface area is 188 Å². The van der Waals surface area contributed by atoms with E-state index in [1.165, 1.54) is 6.07 Å². The summed E-state index contributed by atoms with van der Waals surface area (Å²) in [6, 6.07) is 11.3. The number of hydrogen-bond acceptors (Lipinski definition) is 7. The van der Waals surface area contributed by atoms with Gasteiger partial charge in [-0.1, -0.05) is 16.8 Å². The van der Waals surface area contributed by atoms with Crippen LogP contribution in [0.3, 0.4) is 0 Å². The van der Waals surface area contributed by atoms with E-state index in [0.29, 0.717) is 45.2 Å². The largest absolute Gasteiger partial charge is 0.489 e. The maximum absolute atomic E-state index is 12.5. The minimum atomic E-state index is -0.526. The van der Waals surface area contributed by atoms with Gasteiger partial charge in [-0.05, 0) is 62.7 Å². The number of esters is 1. The third kappa shape index (κ3) is 4.53. The molecule has 7 nitrogen and oxygen atoms in total. The summed E-state index contributed by atoms with van der Waals surface area (Å²) < 4.78 is 21.5. The molecule has 0 bridgehead atoms. The Hall–Kier alpha value is -3.58. The van der Waals surface area contributed by atoms with Crippen molar-refractivity contribution in [3.63, 3.8) is 0 Å². The molecule has 0 atom stereocenters. The van der Waals surface area contributed by atoms with Crippen LogP contribution in [0, 0.1) is 20.8 Å². The summed E-state index contributed by atoms with van der Waals surface area (Å²) >= 11 is 6.20. The molecular weight excluding hydrogens is 434 g/mol. The molecule has 32 heavy (non-hydrogen) atoms. The van der Waals surface area contributed by atoms with Gasteiger partial charge in [-0.3, -0.25) is 0 Å². The van der Waals surface area contributed by atoms with Crippen molar-refractivity contribution in [3.05, 3.63) is 91.6 Å². The predicted molar refractivity (Wildman–Crippen MR) is 118 cm³/mol. The van der Waals surface area contributed by atoms with Gasteiger partial charge in [0.25, 0.3) is 0 Å². The second-order valence-electron chi connectivity index (χ2n) is 7.38. The average Bonchev–Trinajstić information content (AvgIpc) is 3.09. The van der Waals surface area contributed by atoms with E-state index in [0.717, 1.165) is 16.8 Å². The lowest BCUT2D eigenvalue weighted by Gasteiger charge is -2.09. The van der Waals surface area contributed by atoms with Crippen LogP contribution in [0.2, 0.25) is 5.02 Å². The monoisotopic (exact) mass is 453 g/mol. The Morgan fingerprint density at radius 2 is 1.81 bits per heavy atom. The summed E-state index contributed by atoms with van der Waals surface area (Å²) in [4.78, 5) is 24.4. The highest BCUT2D eigenvalue weighted by atomic mass is 35.5. The topological polar surface area (TPSA) is 91.8 Å². The molecule has 0 N–H and O–H groups in total. The standard InChI is InChI=1S/C24H20ClNO6/c1-13-8-22-19(10-21(13)25)17(9-23(27)31-22)11-30-24(28)16-4-6-18(7-5-16)29-12-20-14(2)26-32-15(20)3/h4-10H,11-12H2,1-3H3. The minimum Gasteiger partial charge on any atom is -0.489 e. The number of halogens is 1. The highest BCUT2D eigenvalue weighted by molar-refractivity contribution is 6.32. The molecule has 0 aliphatic carbocycles. The molecule has 2 aromatic carbocycles. The van der Waals surface area contributed by atoms with Gasteiger partial charge in [-0.15, -0.1) is 0 Å². The van der Waals surface area contributed by atoms with Crippen molar-refractivity contribution >= 4 is 28.5 Å². The lowest BCUT2D eigenvalue weighted by molar-refractivity contribution is 0.0474. The SMILES string of the molecule is Cc1cc2oc(=O)cc(COC(=O)c3ccc(OCc4c(C)noc4C)cc3)c2cc1Cl. The molecule has 0 aliphatic rings. The Morgan fingerprint density at radius 1 is 1.06 bits per heavy atom. The van der Waals surface area contributed by atoms with Crippen molar-refractivity contribution in [2.45, 2.75) is 34.0 Å². The number of fused-ring (bicyclic) bond motifs is 1. The summed E-state index contributed by atoms with van der Waals surface area (Å²) in [5.41, 5.74) is 3.20. The lowest BCUT2D eigenvalue weighted by Crippen LogP contribution is -2.08. The van der Waals surface area contributed by atoms with E-state index >= 15 is 0 Å². The quantitative estimate of drug-likeness (QED) is 0.289. The van der Waals surface area contributed by atoms with Gasteiger partial charge in [0.05, 0.1) is 16.8 Å². The van der Waals surface area contributed by atoms with Gasteiger partial charge in [0, 0.05) is 22.0 Å². The van der Waals surface area contributed by atoms with Gasteiger partial charge >= 0.3 is 11.6 Å². The maximum Gasteiger partial charge on any atom is 0.338 e. The summed E-state index contributed by atoms with van der Waals surface area (Å²) in [5, 5.41) is 5.05. The molecule has 0 amide bonds.